The van der Waals surface area contributed by atoms with Crippen LogP contribution in [0.4, 0.5) is 11.5 Å². The van der Waals surface area contributed by atoms with Gasteiger partial charge in [0.25, 0.3) is 11.2 Å². The number of H-pyrrole nitrogens is 1. The summed E-state index contributed by atoms with van der Waals surface area (Å²) in [6.45, 7) is 3.10. The third-order valence-electron chi connectivity index (χ3n) is 5.76. The summed E-state index contributed by atoms with van der Waals surface area (Å²) in [4.78, 5) is 42.5. The Bertz CT molecular complexity index is 1280. The van der Waals surface area contributed by atoms with Crippen LogP contribution in [-0.4, -0.2) is 51.5 Å². The Labute approximate surface area is 195 Å². The largest absolute Gasteiger partial charge is 0.464 e. The number of carbonyl (C=O) groups excluding carboxylic acids is 1. The van der Waals surface area contributed by atoms with E-state index in [-0.39, 0.29) is 17.9 Å². The van der Waals surface area contributed by atoms with Crippen LogP contribution in [0.25, 0.3) is 0 Å². The minimum Gasteiger partial charge on any atom is -0.464 e. The lowest BCUT2D eigenvalue weighted by atomic mass is 9.88. The number of nitro groups is 1. The van der Waals surface area contributed by atoms with Crippen molar-refractivity contribution in [2.75, 3.05) is 20.2 Å². The number of likely N-dealkylation sites (N-methyl/N-ethyl adjacent to an activating group) is 1. The van der Waals surface area contributed by atoms with E-state index in [2.05, 4.69) is 10.1 Å². The normalized spacial score (nSPS) is 17.2. The average Bonchev–Trinajstić information content (AvgIpc) is 3.18. The number of esters is 1. The number of nitrogens with zero attached hydrogens (tertiary/aromatic N) is 4. The number of aliphatic imine (C=N–C) groups is 1. The molecule has 10 heteroatoms. The molecule has 1 aromatic heterocycles. The average molecular weight is 463 g/mol. The molecule has 4 rings (SSSR count). The van der Waals surface area contributed by atoms with Crippen LogP contribution in [0, 0.1) is 16.0 Å². The number of nitro benzene ring substituents is 1. The number of rotatable bonds is 8. The van der Waals surface area contributed by atoms with Crippen molar-refractivity contribution < 1.29 is 14.5 Å². The van der Waals surface area contributed by atoms with E-state index in [1.807, 2.05) is 42.3 Å². The number of ether oxygens (including phenoxy) is 1. The standard InChI is InChI=1S/C24H25N5O5/c1-16-22(24(31)34-12-11-27(2)15-17-7-4-3-5-8-17)23(28-20(25-16)14-21(30)26-28)18-9-6-10-19(13-18)29(32)33/h3-10,13-14,22-23H,11-12,15H2,1-2H3,(H,26,30). The van der Waals surface area contributed by atoms with Crippen LogP contribution in [0.2, 0.25) is 0 Å². The van der Waals surface area contributed by atoms with Crippen molar-refractivity contribution in [3.63, 3.8) is 0 Å². The van der Waals surface area contributed by atoms with Crippen molar-refractivity contribution in [3.8, 4) is 0 Å². The van der Waals surface area contributed by atoms with Crippen molar-refractivity contribution in [1.29, 1.82) is 0 Å². The summed E-state index contributed by atoms with van der Waals surface area (Å²) in [6, 6.07) is 16.6. The lowest BCUT2D eigenvalue weighted by Gasteiger charge is -2.31. The van der Waals surface area contributed by atoms with Gasteiger partial charge in [0, 0.05) is 37.0 Å². The molecule has 1 N–H and O–H groups in total. The van der Waals surface area contributed by atoms with E-state index in [0.717, 1.165) is 5.56 Å². The Morgan fingerprint density at radius 3 is 2.71 bits per heavy atom. The molecule has 0 fully saturated rings. The molecule has 1 aliphatic heterocycles. The second-order valence-corrected chi connectivity index (χ2v) is 8.27. The maximum atomic E-state index is 13.2. The van der Waals surface area contributed by atoms with Crippen molar-refractivity contribution in [1.82, 2.24) is 14.7 Å². The summed E-state index contributed by atoms with van der Waals surface area (Å²) >= 11 is 0. The van der Waals surface area contributed by atoms with Crippen LogP contribution >= 0.6 is 0 Å². The number of aromatic amines is 1. The van der Waals surface area contributed by atoms with Gasteiger partial charge in [-0.05, 0) is 25.1 Å². The van der Waals surface area contributed by atoms with Crippen molar-refractivity contribution in [2.45, 2.75) is 19.5 Å². The topological polar surface area (TPSA) is 123 Å². The van der Waals surface area contributed by atoms with Gasteiger partial charge in [-0.25, -0.2) is 4.99 Å². The number of aromatic nitrogens is 2. The van der Waals surface area contributed by atoms with Crippen LogP contribution in [0.5, 0.6) is 0 Å². The summed E-state index contributed by atoms with van der Waals surface area (Å²) in [5.41, 5.74) is 1.64. The minimum atomic E-state index is -0.850. The molecule has 1 aliphatic rings. The Hall–Kier alpha value is -4.05. The number of benzene rings is 2. The molecule has 2 aromatic carbocycles. The molecule has 34 heavy (non-hydrogen) atoms. The fourth-order valence-corrected chi connectivity index (χ4v) is 4.15. The highest BCUT2D eigenvalue weighted by Crippen LogP contribution is 2.37. The zero-order valence-electron chi connectivity index (χ0n) is 18.9. The molecule has 2 unspecified atom stereocenters. The van der Waals surface area contributed by atoms with Crippen LogP contribution < -0.4 is 5.56 Å². The van der Waals surface area contributed by atoms with E-state index in [9.17, 15) is 19.7 Å². The highest BCUT2D eigenvalue weighted by Gasteiger charge is 2.39. The highest BCUT2D eigenvalue weighted by molar-refractivity contribution is 6.03. The number of non-ortho nitro benzene ring substituents is 1. The third-order valence-corrected chi connectivity index (χ3v) is 5.76. The molecule has 3 aromatic rings. The Morgan fingerprint density at radius 2 is 1.97 bits per heavy atom. The maximum absolute atomic E-state index is 13.2. The zero-order valence-corrected chi connectivity index (χ0v) is 18.9. The first-order chi connectivity index (χ1) is 16.3. The van der Waals surface area contributed by atoms with Gasteiger partial charge in [0.15, 0.2) is 5.82 Å². The summed E-state index contributed by atoms with van der Waals surface area (Å²) in [6.07, 6.45) is 0. The Balaban J connectivity index is 1.53. The molecular formula is C24H25N5O5. The van der Waals surface area contributed by atoms with Crippen LogP contribution in [-0.2, 0) is 16.1 Å². The molecule has 0 amide bonds. The fourth-order valence-electron chi connectivity index (χ4n) is 4.15. The summed E-state index contributed by atoms with van der Waals surface area (Å²) in [7, 11) is 1.94. The molecule has 0 aliphatic carbocycles. The summed E-state index contributed by atoms with van der Waals surface area (Å²) in [5, 5.41) is 14.0. The van der Waals surface area contributed by atoms with Crippen molar-refractivity contribution >= 4 is 23.2 Å². The van der Waals surface area contributed by atoms with E-state index >= 15 is 0 Å². The van der Waals surface area contributed by atoms with E-state index in [0.29, 0.717) is 30.2 Å². The van der Waals surface area contributed by atoms with E-state index in [4.69, 9.17) is 4.74 Å². The molecule has 0 bridgehead atoms. The summed E-state index contributed by atoms with van der Waals surface area (Å²) in [5.74, 6) is -1.01. The first kappa shape index (κ1) is 23.1. The van der Waals surface area contributed by atoms with Gasteiger partial charge >= 0.3 is 5.97 Å². The van der Waals surface area contributed by atoms with Gasteiger partial charge in [-0.15, -0.1) is 0 Å². The van der Waals surface area contributed by atoms with Gasteiger partial charge in [0.2, 0.25) is 0 Å². The molecule has 0 radical (unpaired) electrons. The zero-order chi connectivity index (χ0) is 24.2. The first-order valence-electron chi connectivity index (χ1n) is 10.8. The quantitative estimate of drug-likeness (QED) is 0.311. The second kappa shape index (κ2) is 9.84. The van der Waals surface area contributed by atoms with Gasteiger partial charge in [-0.2, -0.15) is 0 Å². The summed E-state index contributed by atoms with van der Waals surface area (Å²) < 4.78 is 7.08. The molecular weight excluding hydrogens is 438 g/mol. The molecule has 176 valence electrons. The van der Waals surface area contributed by atoms with Crippen LogP contribution in [0.15, 0.2) is 70.5 Å². The Kier molecular flexibility index (Phi) is 6.69. The minimum absolute atomic E-state index is 0.108. The van der Waals surface area contributed by atoms with Gasteiger partial charge in [0.1, 0.15) is 12.5 Å². The number of nitrogens with one attached hydrogen (secondary N) is 1. The van der Waals surface area contributed by atoms with E-state index in [1.165, 1.54) is 22.9 Å². The van der Waals surface area contributed by atoms with Crippen LogP contribution in [0.1, 0.15) is 24.1 Å². The monoisotopic (exact) mass is 463 g/mol. The molecule has 2 atom stereocenters. The molecule has 2 heterocycles. The third kappa shape index (κ3) is 4.96. The predicted octanol–water partition coefficient (Wildman–Crippen LogP) is 3.07. The van der Waals surface area contributed by atoms with E-state index < -0.39 is 22.9 Å². The SMILES string of the molecule is CC1=Nc2cc(=O)[nH]n2C(c2cccc([N+](=O)[O-])c2)C1C(=O)OCCN(C)Cc1ccccc1. The Morgan fingerprint density at radius 1 is 1.21 bits per heavy atom. The number of hydrogen-bond acceptors (Lipinski definition) is 7. The number of carbonyl (C=O) groups is 1. The number of hydrogen-bond donors (Lipinski definition) is 1. The fraction of sp³-hybridized carbons (Fsp3) is 0.292. The maximum Gasteiger partial charge on any atom is 0.317 e. The van der Waals surface area contributed by atoms with Gasteiger partial charge in [-0.1, -0.05) is 42.5 Å². The van der Waals surface area contributed by atoms with Crippen molar-refractivity contribution in [3.05, 3.63) is 92.3 Å². The molecule has 10 nitrogen and oxygen atoms in total. The molecule has 0 saturated carbocycles. The molecule has 0 saturated heterocycles. The lowest BCUT2D eigenvalue weighted by Crippen LogP contribution is -2.38. The number of fused-ring (bicyclic) bond motifs is 1. The highest BCUT2D eigenvalue weighted by atomic mass is 16.6. The van der Waals surface area contributed by atoms with Gasteiger partial charge in [0.05, 0.1) is 11.0 Å². The second-order valence-electron chi connectivity index (χ2n) is 8.27. The van der Waals surface area contributed by atoms with E-state index in [1.54, 1.807) is 19.1 Å². The first-order valence-corrected chi connectivity index (χ1v) is 10.8. The predicted molar refractivity (Wildman–Crippen MR) is 126 cm³/mol. The molecule has 0 spiro atoms. The van der Waals surface area contributed by atoms with Crippen LogP contribution in [0.3, 0.4) is 0 Å². The lowest BCUT2D eigenvalue weighted by molar-refractivity contribution is -0.384. The van der Waals surface area contributed by atoms with Crippen molar-refractivity contribution in [2.24, 2.45) is 10.9 Å². The van der Waals surface area contributed by atoms with Gasteiger partial charge in [-0.3, -0.25) is 34.4 Å². The smallest absolute Gasteiger partial charge is 0.317 e. The van der Waals surface area contributed by atoms with Gasteiger partial charge < -0.3 is 4.74 Å².